The van der Waals surface area contributed by atoms with Gasteiger partial charge in [0.05, 0.1) is 5.54 Å². The Hall–Kier alpha value is -0.850. The van der Waals surface area contributed by atoms with Crippen molar-refractivity contribution < 1.29 is 14.3 Å². The van der Waals surface area contributed by atoms with Crippen LogP contribution in [0.1, 0.15) is 39.0 Å². The quantitative estimate of drug-likeness (QED) is 0.790. The highest BCUT2D eigenvalue weighted by molar-refractivity contribution is 5.91. The molecule has 2 amide bonds. The minimum absolute atomic E-state index is 0. The van der Waals surface area contributed by atoms with Crippen molar-refractivity contribution in [2.45, 2.75) is 50.6 Å². The lowest BCUT2D eigenvalue weighted by Crippen LogP contribution is -2.60. The number of carbonyl (C=O) groups is 2. The van der Waals surface area contributed by atoms with E-state index in [0.29, 0.717) is 26.1 Å². The Morgan fingerprint density at radius 2 is 1.76 bits per heavy atom. The molecule has 7 heteroatoms. The normalized spacial score (nSPS) is 22.9. The Bertz CT molecular complexity index is 366. The lowest BCUT2D eigenvalue weighted by molar-refractivity contribution is -0.139. The predicted molar refractivity (Wildman–Crippen MR) is 82.3 cm³/mol. The van der Waals surface area contributed by atoms with Crippen molar-refractivity contribution in [2.24, 2.45) is 5.73 Å². The maximum absolute atomic E-state index is 12.3. The Morgan fingerprint density at radius 3 is 2.33 bits per heavy atom. The van der Waals surface area contributed by atoms with Crippen LogP contribution < -0.4 is 11.1 Å². The fourth-order valence-corrected chi connectivity index (χ4v) is 2.75. The van der Waals surface area contributed by atoms with Gasteiger partial charge >= 0.3 is 0 Å². The highest BCUT2D eigenvalue weighted by Crippen LogP contribution is 2.18. The van der Waals surface area contributed by atoms with Crippen molar-refractivity contribution in [2.75, 3.05) is 26.3 Å². The third-order valence-electron chi connectivity index (χ3n) is 4.22. The fraction of sp³-hybridized carbons (Fsp3) is 0.857. The van der Waals surface area contributed by atoms with Gasteiger partial charge in [0.25, 0.3) is 0 Å². The summed E-state index contributed by atoms with van der Waals surface area (Å²) >= 11 is 0. The van der Waals surface area contributed by atoms with Gasteiger partial charge in [0, 0.05) is 26.3 Å². The van der Waals surface area contributed by atoms with Gasteiger partial charge in [-0.15, -0.1) is 12.4 Å². The molecule has 0 bridgehead atoms. The van der Waals surface area contributed by atoms with Gasteiger partial charge in [-0.1, -0.05) is 0 Å². The Labute approximate surface area is 132 Å². The second-order valence-electron chi connectivity index (χ2n) is 5.85. The zero-order valence-electron chi connectivity index (χ0n) is 12.6. The first kappa shape index (κ1) is 18.2. The molecule has 0 unspecified atom stereocenters. The fourth-order valence-electron chi connectivity index (χ4n) is 2.75. The number of halogens is 1. The summed E-state index contributed by atoms with van der Waals surface area (Å²) in [4.78, 5) is 26.4. The number of piperidine rings is 1. The smallest absolute Gasteiger partial charge is 0.244 e. The highest BCUT2D eigenvalue weighted by Gasteiger charge is 2.37. The first-order chi connectivity index (χ1) is 9.53. The van der Waals surface area contributed by atoms with Crippen LogP contribution in [0.4, 0.5) is 0 Å². The monoisotopic (exact) mass is 319 g/mol. The number of rotatable bonds is 3. The molecule has 0 saturated carbocycles. The van der Waals surface area contributed by atoms with E-state index in [0.717, 1.165) is 25.9 Å². The molecule has 2 heterocycles. The SMILES string of the molecule is C[C@H](NC(=O)C1(N)CCOCC1)C(=O)N1CCCCC1.Cl. The molecule has 2 aliphatic heterocycles. The number of nitrogens with zero attached hydrogens (tertiary/aromatic N) is 1. The van der Waals surface area contributed by atoms with Gasteiger partial charge in [-0.25, -0.2) is 0 Å². The maximum Gasteiger partial charge on any atom is 0.244 e. The van der Waals surface area contributed by atoms with Crippen molar-refractivity contribution in [1.29, 1.82) is 0 Å². The summed E-state index contributed by atoms with van der Waals surface area (Å²) in [6, 6.07) is -0.510. The van der Waals surface area contributed by atoms with E-state index in [1.54, 1.807) is 6.92 Å². The zero-order valence-corrected chi connectivity index (χ0v) is 13.4. The Kier molecular flexibility index (Phi) is 6.90. The van der Waals surface area contributed by atoms with Crippen LogP contribution in [0.3, 0.4) is 0 Å². The van der Waals surface area contributed by atoms with Gasteiger partial charge in [0.2, 0.25) is 11.8 Å². The van der Waals surface area contributed by atoms with Crippen LogP contribution in [0.15, 0.2) is 0 Å². The van der Waals surface area contributed by atoms with E-state index >= 15 is 0 Å². The van der Waals surface area contributed by atoms with Crippen LogP contribution in [0.5, 0.6) is 0 Å². The van der Waals surface area contributed by atoms with E-state index in [9.17, 15) is 9.59 Å². The molecule has 0 radical (unpaired) electrons. The number of carbonyl (C=O) groups excluding carboxylic acids is 2. The standard InChI is InChI=1S/C14H25N3O3.ClH/c1-11(12(18)17-7-3-2-4-8-17)16-13(19)14(15)5-9-20-10-6-14;/h11H,2-10,15H2,1H3,(H,16,19);1H/t11-;/m0./s1. The summed E-state index contributed by atoms with van der Waals surface area (Å²) in [5.74, 6) is -0.243. The molecule has 6 nitrogen and oxygen atoms in total. The summed E-state index contributed by atoms with van der Waals surface area (Å²) in [5.41, 5.74) is 5.22. The number of nitrogens with one attached hydrogen (secondary N) is 1. The Balaban J connectivity index is 0.00000220. The molecule has 2 rings (SSSR count). The molecule has 0 aromatic rings. The number of hydrogen-bond acceptors (Lipinski definition) is 4. The van der Waals surface area contributed by atoms with Crippen molar-refractivity contribution >= 4 is 24.2 Å². The summed E-state index contributed by atoms with van der Waals surface area (Å²) in [7, 11) is 0. The second-order valence-corrected chi connectivity index (χ2v) is 5.85. The first-order valence-electron chi connectivity index (χ1n) is 7.49. The lowest BCUT2D eigenvalue weighted by Gasteiger charge is -2.34. The number of likely N-dealkylation sites (tertiary alicyclic amines) is 1. The molecule has 0 aromatic carbocycles. The summed E-state index contributed by atoms with van der Waals surface area (Å²) < 4.78 is 5.23. The van der Waals surface area contributed by atoms with Crippen LogP contribution in [-0.2, 0) is 14.3 Å². The van der Waals surface area contributed by atoms with Gasteiger partial charge in [0.15, 0.2) is 0 Å². The molecule has 0 spiro atoms. The van der Waals surface area contributed by atoms with Crippen LogP contribution in [0.2, 0.25) is 0 Å². The minimum atomic E-state index is -0.894. The predicted octanol–water partition coefficient (Wildman–Crippen LogP) is 0.433. The van der Waals surface area contributed by atoms with Crippen LogP contribution in [-0.4, -0.2) is 54.6 Å². The first-order valence-corrected chi connectivity index (χ1v) is 7.49. The van der Waals surface area contributed by atoms with E-state index in [1.165, 1.54) is 6.42 Å². The molecule has 0 aliphatic carbocycles. The molecular formula is C14H26ClN3O3. The summed E-state index contributed by atoms with van der Waals surface area (Å²) in [5, 5.41) is 2.78. The highest BCUT2D eigenvalue weighted by atomic mass is 35.5. The van der Waals surface area contributed by atoms with Gasteiger partial charge in [-0.05, 0) is 39.0 Å². The van der Waals surface area contributed by atoms with Crippen molar-refractivity contribution in [3.8, 4) is 0 Å². The average Bonchev–Trinajstić information content (AvgIpc) is 2.48. The molecule has 21 heavy (non-hydrogen) atoms. The van der Waals surface area contributed by atoms with E-state index in [4.69, 9.17) is 10.5 Å². The third kappa shape index (κ3) is 4.56. The van der Waals surface area contributed by atoms with E-state index < -0.39 is 11.6 Å². The van der Waals surface area contributed by atoms with Crippen LogP contribution in [0, 0.1) is 0 Å². The van der Waals surface area contributed by atoms with Crippen molar-refractivity contribution in [1.82, 2.24) is 10.2 Å². The number of nitrogens with two attached hydrogens (primary N) is 1. The third-order valence-corrected chi connectivity index (χ3v) is 4.22. The number of ether oxygens (including phenoxy) is 1. The molecule has 1 atom stereocenters. The second kappa shape index (κ2) is 7.96. The molecule has 2 saturated heterocycles. The van der Waals surface area contributed by atoms with Crippen molar-refractivity contribution in [3.63, 3.8) is 0 Å². The van der Waals surface area contributed by atoms with Crippen molar-refractivity contribution in [3.05, 3.63) is 0 Å². The molecule has 122 valence electrons. The zero-order chi connectivity index (χ0) is 14.6. The molecular weight excluding hydrogens is 294 g/mol. The average molecular weight is 320 g/mol. The van der Waals surface area contributed by atoms with Crippen LogP contribution >= 0.6 is 12.4 Å². The van der Waals surface area contributed by atoms with E-state index in [2.05, 4.69) is 5.32 Å². The maximum atomic E-state index is 12.3. The molecule has 2 fully saturated rings. The lowest BCUT2D eigenvalue weighted by atomic mass is 9.90. The Morgan fingerprint density at radius 1 is 1.19 bits per heavy atom. The largest absolute Gasteiger partial charge is 0.381 e. The number of hydrogen-bond donors (Lipinski definition) is 2. The molecule has 3 N–H and O–H groups in total. The van der Waals surface area contributed by atoms with Gasteiger partial charge in [-0.2, -0.15) is 0 Å². The van der Waals surface area contributed by atoms with E-state index in [1.807, 2.05) is 4.90 Å². The van der Waals surface area contributed by atoms with Crippen LogP contribution in [0.25, 0.3) is 0 Å². The van der Waals surface area contributed by atoms with Gasteiger partial charge in [-0.3, -0.25) is 9.59 Å². The van der Waals surface area contributed by atoms with Gasteiger partial charge in [0.1, 0.15) is 6.04 Å². The molecule has 2 aliphatic rings. The van der Waals surface area contributed by atoms with E-state index in [-0.39, 0.29) is 24.2 Å². The minimum Gasteiger partial charge on any atom is -0.381 e. The number of amides is 2. The van der Waals surface area contributed by atoms with Gasteiger partial charge < -0.3 is 20.7 Å². The molecule has 0 aromatic heterocycles. The topological polar surface area (TPSA) is 84.7 Å². The summed E-state index contributed by atoms with van der Waals surface area (Å²) in [6.45, 7) is 4.32. The summed E-state index contributed by atoms with van der Waals surface area (Å²) in [6.07, 6.45) is 4.28.